The first-order valence-electron chi connectivity index (χ1n) is 9.33. The number of rotatable bonds is 5. The third-order valence-electron chi connectivity index (χ3n) is 4.71. The fourth-order valence-corrected chi connectivity index (χ4v) is 3.19. The molecule has 0 atom stereocenters. The van der Waals surface area contributed by atoms with Gasteiger partial charge in [-0.1, -0.05) is 37.0 Å². The first-order valence-corrected chi connectivity index (χ1v) is 9.33. The predicted octanol–water partition coefficient (Wildman–Crippen LogP) is 4.24. The van der Waals surface area contributed by atoms with Crippen LogP contribution in [0.4, 0.5) is 0 Å². The van der Waals surface area contributed by atoms with E-state index in [-0.39, 0.29) is 17.8 Å². The van der Waals surface area contributed by atoms with E-state index >= 15 is 0 Å². The minimum absolute atomic E-state index is 0.00495. The summed E-state index contributed by atoms with van der Waals surface area (Å²) >= 11 is 0. The largest absolute Gasteiger partial charge is 0.423 e. The first-order chi connectivity index (χ1) is 13.1. The highest BCUT2D eigenvalue weighted by atomic mass is 16.5. The second kappa shape index (κ2) is 9.12. The summed E-state index contributed by atoms with van der Waals surface area (Å²) in [6, 6.07) is 14.3. The van der Waals surface area contributed by atoms with Crippen LogP contribution in [0.25, 0.3) is 0 Å². The molecule has 5 heteroatoms. The molecule has 1 fully saturated rings. The zero-order chi connectivity index (χ0) is 19.1. The van der Waals surface area contributed by atoms with Crippen molar-refractivity contribution in [3.63, 3.8) is 0 Å². The van der Waals surface area contributed by atoms with Gasteiger partial charge >= 0.3 is 5.97 Å². The van der Waals surface area contributed by atoms with E-state index in [9.17, 15) is 9.59 Å². The van der Waals surface area contributed by atoms with Crippen LogP contribution in [0.2, 0.25) is 0 Å². The van der Waals surface area contributed by atoms with Gasteiger partial charge in [0.1, 0.15) is 5.75 Å². The second-order valence-electron chi connectivity index (χ2n) is 6.90. The summed E-state index contributed by atoms with van der Waals surface area (Å²) in [5, 5.41) is 4.03. The van der Waals surface area contributed by atoms with Crippen LogP contribution in [-0.4, -0.2) is 18.1 Å². The molecule has 3 rings (SSSR count). The Bertz CT molecular complexity index is 822. The number of hydrazone groups is 1. The Morgan fingerprint density at radius 2 is 1.81 bits per heavy atom. The van der Waals surface area contributed by atoms with E-state index in [1.54, 1.807) is 42.6 Å². The lowest BCUT2D eigenvalue weighted by molar-refractivity contribution is -0.125. The molecule has 0 aliphatic heterocycles. The van der Waals surface area contributed by atoms with Crippen molar-refractivity contribution in [1.82, 2.24) is 5.43 Å². The van der Waals surface area contributed by atoms with Crippen molar-refractivity contribution in [3.8, 4) is 5.75 Å². The fourth-order valence-electron chi connectivity index (χ4n) is 3.19. The Balaban J connectivity index is 1.52. The standard InChI is InChI=1S/C22H24N2O3/c1-16-6-5-9-19(14-16)22(26)27-20-12-10-17(11-13-20)15-23-24-21(25)18-7-3-2-4-8-18/h5-6,9-15,18H,2-4,7-8H2,1H3,(H,24,25). The molecule has 140 valence electrons. The predicted molar refractivity (Wildman–Crippen MR) is 105 cm³/mol. The Morgan fingerprint density at radius 3 is 2.52 bits per heavy atom. The summed E-state index contributed by atoms with van der Waals surface area (Å²) in [4.78, 5) is 24.2. The summed E-state index contributed by atoms with van der Waals surface area (Å²) in [5.41, 5.74) is 4.96. The lowest BCUT2D eigenvalue weighted by Gasteiger charge is -2.19. The van der Waals surface area contributed by atoms with E-state index in [4.69, 9.17) is 4.74 Å². The number of hydrogen-bond donors (Lipinski definition) is 1. The average molecular weight is 364 g/mol. The maximum atomic E-state index is 12.2. The Labute approximate surface area is 159 Å². The molecule has 1 aliphatic rings. The van der Waals surface area contributed by atoms with Gasteiger partial charge in [0.25, 0.3) is 0 Å². The van der Waals surface area contributed by atoms with Crippen molar-refractivity contribution < 1.29 is 14.3 Å². The van der Waals surface area contributed by atoms with Crippen molar-refractivity contribution in [3.05, 3.63) is 65.2 Å². The van der Waals surface area contributed by atoms with Crippen LogP contribution in [0.1, 0.15) is 53.6 Å². The third kappa shape index (κ3) is 5.51. The number of carbonyl (C=O) groups excluding carboxylic acids is 2. The molecule has 2 aromatic rings. The molecule has 1 aliphatic carbocycles. The number of amides is 1. The molecule has 1 saturated carbocycles. The van der Waals surface area contributed by atoms with Crippen molar-refractivity contribution in [2.75, 3.05) is 0 Å². The molecule has 27 heavy (non-hydrogen) atoms. The number of esters is 1. The van der Waals surface area contributed by atoms with Crippen LogP contribution in [-0.2, 0) is 4.79 Å². The number of nitrogens with zero attached hydrogens (tertiary/aromatic N) is 1. The molecule has 0 heterocycles. The van der Waals surface area contributed by atoms with Crippen LogP contribution >= 0.6 is 0 Å². The molecule has 0 spiro atoms. The summed E-state index contributed by atoms with van der Waals surface area (Å²) < 4.78 is 5.38. The first kappa shape index (κ1) is 18.8. The minimum Gasteiger partial charge on any atom is -0.423 e. The van der Waals surface area contributed by atoms with Gasteiger partial charge in [-0.3, -0.25) is 4.79 Å². The minimum atomic E-state index is -0.389. The highest BCUT2D eigenvalue weighted by molar-refractivity contribution is 5.91. The SMILES string of the molecule is Cc1cccc(C(=O)Oc2ccc(C=NNC(=O)C3CCCCC3)cc2)c1. The maximum absolute atomic E-state index is 12.2. The number of nitrogens with one attached hydrogen (secondary N) is 1. The molecular weight excluding hydrogens is 340 g/mol. The number of benzene rings is 2. The van der Waals surface area contributed by atoms with E-state index in [2.05, 4.69) is 10.5 Å². The van der Waals surface area contributed by atoms with E-state index < -0.39 is 0 Å². The monoisotopic (exact) mass is 364 g/mol. The van der Waals surface area contributed by atoms with Crippen molar-refractivity contribution in [2.45, 2.75) is 39.0 Å². The van der Waals surface area contributed by atoms with Gasteiger partial charge in [0.05, 0.1) is 11.8 Å². The molecule has 1 amide bonds. The maximum Gasteiger partial charge on any atom is 0.343 e. The molecule has 0 aromatic heterocycles. The molecule has 0 radical (unpaired) electrons. The van der Waals surface area contributed by atoms with Gasteiger partial charge in [-0.25, -0.2) is 10.2 Å². The zero-order valence-electron chi connectivity index (χ0n) is 15.5. The summed E-state index contributed by atoms with van der Waals surface area (Å²) in [6.45, 7) is 1.93. The lowest BCUT2D eigenvalue weighted by atomic mass is 9.89. The number of ether oxygens (including phenoxy) is 1. The average Bonchev–Trinajstić information content (AvgIpc) is 2.70. The zero-order valence-corrected chi connectivity index (χ0v) is 15.5. The van der Waals surface area contributed by atoms with E-state index in [0.717, 1.165) is 36.8 Å². The summed E-state index contributed by atoms with van der Waals surface area (Å²) in [5.74, 6) is 0.152. The molecular formula is C22H24N2O3. The number of aryl methyl sites for hydroxylation is 1. The highest BCUT2D eigenvalue weighted by Gasteiger charge is 2.20. The third-order valence-corrected chi connectivity index (χ3v) is 4.71. The highest BCUT2D eigenvalue weighted by Crippen LogP contribution is 2.23. The second-order valence-corrected chi connectivity index (χ2v) is 6.90. The van der Waals surface area contributed by atoms with Gasteiger partial charge in [0.2, 0.25) is 5.91 Å². The van der Waals surface area contributed by atoms with Crippen LogP contribution in [0.3, 0.4) is 0 Å². The molecule has 2 aromatic carbocycles. The Morgan fingerprint density at radius 1 is 1.07 bits per heavy atom. The van der Waals surface area contributed by atoms with Gasteiger partial charge in [-0.2, -0.15) is 5.10 Å². The molecule has 1 N–H and O–H groups in total. The Hall–Kier alpha value is -2.95. The van der Waals surface area contributed by atoms with Crippen molar-refractivity contribution >= 4 is 18.1 Å². The summed E-state index contributed by atoms with van der Waals surface area (Å²) in [6.07, 6.45) is 6.93. The van der Waals surface area contributed by atoms with Crippen molar-refractivity contribution in [1.29, 1.82) is 0 Å². The van der Waals surface area contributed by atoms with Crippen LogP contribution in [0.5, 0.6) is 5.75 Å². The molecule has 0 unspecified atom stereocenters. The quantitative estimate of drug-likeness (QED) is 0.373. The lowest BCUT2D eigenvalue weighted by Crippen LogP contribution is -2.28. The van der Waals surface area contributed by atoms with Crippen LogP contribution < -0.4 is 10.2 Å². The van der Waals surface area contributed by atoms with Gasteiger partial charge in [0.15, 0.2) is 0 Å². The molecule has 5 nitrogen and oxygen atoms in total. The van der Waals surface area contributed by atoms with E-state index in [1.165, 1.54) is 6.42 Å². The number of hydrogen-bond acceptors (Lipinski definition) is 4. The van der Waals surface area contributed by atoms with Crippen LogP contribution in [0.15, 0.2) is 53.6 Å². The fraction of sp³-hybridized carbons (Fsp3) is 0.318. The smallest absolute Gasteiger partial charge is 0.343 e. The van der Waals surface area contributed by atoms with Gasteiger partial charge in [-0.15, -0.1) is 0 Å². The van der Waals surface area contributed by atoms with Gasteiger partial charge in [0, 0.05) is 5.92 Å². The normalized spacial score (nSPS) is 14.9. The number of carbonyl (C=O) groups is 2. The van der Waals surface area contributed by atoms with Gasteiger partial charge < -0.3 is 4.74 Å². The topological polar surface area (TPSA) is 67.8 Å². The van der Waals surface area contributed by atoms with Gasteiger partial charge in [-0.05, 0) is 61.7 Å². The Kier molecular flexibility index (Phi) is 6.36. The molecule has 0 saturated heterocycles. The van der Waals surface area contributed by atoms with E-state index in [1.807, 2.05) is 19.1 Å². The van der Waals surface area contributed by atoms with E-state index in [0.29, 0.717) is 11.3 Å². The molecule has 0 bridgehead atoms. The summed E-state index contributed by atoms with van der Waals surface area (Å²) in [7, 11) is 0. The van der Waals surface area contributed by atoms with Crippen molar-refractivity contribution in [2.24, 2.45) is 11.0 Å². The van der Waals surface area contributed by atoms with Crippen LogP contribution in [0, 0.1) is 12.8 Å².